The molecule has 0 fully saturated rings. The number of nitrogens with one attached hydrogen (secondary N) is 2. The second-order valence-electron chi connectivity index (χ2n) is 8.56. The van der Waals surface area contributed by atoms with Crippen molar-refractivity contribution in [2.24, 2.45) is 0 Å². The number of halogens is 2. The molecule has 4 nitrogen and oxygen atoms in total. The number of carbonyl (C=O) groups is 2. The molecular formula is C27H22F2N2O2S. The lowest BCUT2D eigenvalue weighted by atomic mass is 9.72. The summed E-state index contributed by atoms with van der Waals surface area (Å²) in [5.74, 6) is -2.63. The van der Waals surface area contributed by atoms with Crippen LogP contribution in [-0.2, 0) is 9.59 Å². The fourth-order valence-electron chi connectivity index (χ4n) is 4.85. The summed E-state index contributed by atoms with van der Waals surface area (Å²) in [5.41, 5.74) is 4.20. The maximum absolute atomic E-state index is 14.2. The highest BCUT2D eigenvalue weighted by Gasteiger charge is 2.41. The SMILES string of the molecule is CC1=C(C(=O)Nc2ccc(F)cc2F)[C@H](c2ccsc2)C2=C(C[C@@H](c3ccccc3)CC2=O)N1. The number of anilines is 1. The van der Waals surface area contributed by atoms with Gasteiger partial charge in [0, 0.05) is 40.9 Å². The number of ketones is 1. The summed E-state index contributed by atoms with van der Waals surface area (Å²) >= 11 is 1.48. The van der Waals surface area contributed by atoms with Crippen LogP contribution in [0.25, 0.3) is 0 Å². The molecule has 2 aliphatic rings. The summed E-state index contributed by atoms with van der Waals surface area (Å²) in [6, 6.07) is 14.8. The average molecular weight is 477 g/mol. The van der Waals surface area contributed by atoms with Crippen molar-refractivity contribution in [2.75, 3.05) is 5.32 Å². The van der Waals surface area contributed by atoms with Gasteiger partial charge in [-0.3, -0.25) is 9.59 Å². The predicted molar refractivity (Wildman–Crippen MR) is 128 cm³/mol. The zero-order chi connectivity index (χ0) is 23.8. The Hall–Kier alpha value is -3.58. The first kappa shape index (κ1) is 22.2. The number of carbonyl (C=O) groups excluding carboxylic acids is 2. The zero-order valence-electron chi connectivity index (χ0n) is 18.4. The number of dihydropyridines is 1. The molecule has 2 atom stereocenters. The number of thiophene rings is 1. The minimum Gasteiger partial charge on any atom is -0.362 e. The Bertz CT molecular complexity index is 1330. The van der Waals surface area contributed by atoms with Gasteiger partial charge in [-0.05, 0) is 59.3 Å². The first-order valence-corrected chi connectivity index (χ1v) is 11.9. The number of Topliss-reactive ketones (excluding diaryl/α,β-unsaturated/α-hetero) is 1. The van der Waals surface area contributed by atoms with Gasteiger partial charge in [0.2, 0.25) is 0 Å². The summed E-state index contributed by atoms with van der Waals surface area (Å²) in [7, 11) is 0. The highest BCUT2D eigenvalue weighted by atomic mass is 32.1. The van der Waals surface area contributed by atoms with Crippen molar-refractivity contribution in [3.05, 3.63) is 111 Å². The molecule has 0 saturated carbocycles. The topological polar surface area (TPSA) is 58.2 Å². The maximum Gasteiger partial charge on any atom is 0.254 e. The van der Waals surface area contributed by atoms with Gasteiger partial charge < -0.3 is 10.6 Å². The van der Waals surface area contributed by atoms with E-state index in [-0.39, 0.29) is 17.4 Å². The number of amides is 1. The van der Waals surface area contributed by atoms with E-state index in [1.54, 1.807) is 6.92 Å². The molecule has 2 N–H and O–H groups in total. The Kier molecular flexibility index (Phi) is 5.87. The summed E-state index contributed by atoms with van der Waals surface area (Å²) in [4.78, 5) is 26.9. The Morgan fingerprint density at radius 1 is 1.06 bits per heavy atom. The molecule has 7 heteroatoms. The minimum absolute atomic E-state index is 0.00966. The number of benzene rings is 2. The van der Waals surface area contributed by atoms with Crippen LogP contribution in [0.1, 0.15) is 42.7 Å². The van der Waals surface area contributed by atoms with Crippen LogP contribution in [0.5, 0.6) is 0 Å². The van der Waals surface area contributed by atoms with Gasteiger partial charge in [0.15, 0.2) is 5.78 Å². The highest BCUT2D eigenvalue weighted by molar-refractivity contribution is 7.08. The number of rotatable bonds is 4. The number of hydrogen-bond acceptors (Lipinski definition) is 4. The van der Waals surface area contributed by atoms with Crippen molar-refractivity contribution in [1.29, 1.82) is 0 Å². The van der Waals surface area contributed by atoms with E-state index in [2.05, 4.69) is 10.6 Å². The third-order valence-corrected chi connectivity index (χ3v) is 7.10. The van der Waals surface area contributed by atoms with Gasteiger partial charge in [-0.25, -0.2) is 8.78 Å². The van der Waals surface area contributed by atoms with Gasteiger partial charge >= 0.3 is 0 Å². The van der Waals surface area contributed by atoms with Gasteiger partial charge in [-0.15, -0.1) is 0 Å². The molecule has 2 aromatic carbocycles. The molecule has 172 valence electrons. The number of hydrogen-bond donors (Lipinski definition) is 2. The third kappa shape index (κ3) is 4.07. The van der Waals surface area contributed by atoms with Gasteiger partial charge in [0.25, 0.3) is 5.91 Å². The lowest BCUT2D eigenvalue weighted by Crippen LogP contribution is -2.37. The van der Waals surface area contributed by atoms with Crippen LogP contribution >= 0.6 is 11.3 Å². The number of allylic oxidation sites excluding steroid dienone is 3. The van der Waals surface area contributed by atoms with E-state index < -0.39 is 23.5 Å². The van der Waals surface area contributed by atoms with E-state index in [0.29, 0.717) is 29.7 Å². The van der Waals surface area contributed by atoms with Crippen LogP contribution in [0, 0.1) is 11.6 Å². The van der Waals surface area contributed by atoms with E-state index in [0.717, 1.165) is 29.0 Å². The molecule has 1 amide bonds. The van der Waals surface area contributed by atoms with E-state index >= 15 is 0 Å². The fourth-order valence-corrected chi connectivity index (χ4v) is 5.54. The molecule has 5 rings (SSSR count). The van der Waals surface area contributed by atoms with Gasteiger partial charge in [-0.1, -0.05) is 30.3 Å². The van der Waals surface area contributed by atoms with Crippen LogP contribution in [-0.4, -0.2) is 11.7 Å². The van der Waals surface area contributed by atoms with Crippen molar-refractivity contribution in [2.45, 2.75) is 31.6 Å². The van der Waals surface area contributed by atoms with Crippen molar-refractivity contribution in [1.82, 2.24) is 5.32 Å². The molecule has 1 aliphatic carbocycles. The van der Waals surface area contributed by atoms with Crippen molar-refractivity contribution in [3.63, 3.8) is 0 Å². The van der Waals surface area contributed by atoms with Crippen LogP contribution < -0.4 is 10.6 Å². The first-order chi connectivity index (χ1) is 16.4. The first-order valence-electron chi connectivity index (χ1n) is 11.0. The zero-order valence-corrected chi connectivity index (χ0v) is 19.2. The summed E-state index contributed by atoms with van der Waals surface area (Å²) in [6.45, 7) is 1.79. The van der Waals surface area contributed by atoms with Gasteiger partial charge in [0.05, 0.1) is 5.69 Å². The molecule has 0 unspecified atom stereocenters. The monoisotopic (exact) mass is 476 g/mol. The Morgan fingerprint density at radius 3 is 2.56 bits per heavy atom. The molecule has 34 heavy (non-hydrogen) atoms. The van der Waals surface area contributed by atoms with Crippen LogP contribution in [0.15, 0.2) is 87.9 Å². The molecular weight excluding hydrogens is 454 g/mol. The van der Waals surface area contributed by atoms with E-state index in [9.17, 15) is 18.4 Å². The van der Waals surface area contributed by atoms with Crippen molar-refractivity contribution < 1.29 is 18.4 Å². The van der Waals surface area contributed by atoms with E-state index in [1.165, 1.54) is 17.4 Å². The molecule has 0 saturated heterocycles. The maximum atomic E-state index is 14.2. The molecule has 2 heterocycles. The van der Waals surface area contributed by atoms with Crippen LogP contribution in [0.2, 0.25) is 0 Å². The molecule has 3 aromatic rings. The minimum atomic E-state index is -0.859. The summed E-state index contributed by atoms with van der Waals surface area (Å²) < 4.78 is 27.6. The van der Waals surface area contributed by atoms with E-state index in [1.807, 2.05) is 47.2 Å². The molecule has 1 aliphatic heterocycles. The quantitative estimate of drug-likeness (QED) is 0.484. The average Bonchev–Trinajstić information content (AvgIpc) is 3.35. The van der Waals surface area contributed by atoms with Crippen LogP contribution in [0.4, 0.5) is 14.5 Å². The molecule has 0 bridgehead atoms. The van der Waals surface area contributed by atoms with Crippen molar-refractivity contribution in [3.8, 4) is 0 Å². The lowest BCUT2D eigenvalue weighted by Gasteiger charge is -2.36. The van der Waals surface area contributed by atoms with E-state index in [4.69, 9.17) is 0 Å². The smallest absolute Gasteiger partial charge is 0.254 e. The lowest BCUT2D eigenvalue weighted by molar-refractivity contribution is -0.116. The molecule has 0 spiro atoms. The van der Waals surface area contributed by atoms with Gasteiger partial charge in [0.1, 0.15) is 11.6 Å². The molecule has 0 radical (unpaired) electrons. The fraction of sp³-hybridized carbons (Fsp3) is 0.185. The molecule has 1 aromatic heterocycles. The Labute approximate surface area is 200 Å². The Morgan fingerprint density at radius 2 is 1.85 bits per heavy atom. The normalized spacial score (nSPS) is 20.1. The van der Waals surface area contributed by atoms with Crippen molar-refractivity contribution >= 4 is 28.7 Å². The second-order valence-corrected chi connectivity index (χ2v) is 9.34. The predicted octanol–water partition coefficient (Wildman–Crippen LogP) is 6.03. The second kappa shape index (κ2) is 8.99. The summed E-state index contributed by atoms with van der Waals surface area (Å²) in [5, 5.41) is 9.71. The third-order valence-electron chi connectivity index (χ3n) is 6.40. The van der Waals surface area contributed by atoms with Crippen LogP contribution in [0.3, 0.4) is 0 Å². The standard InChI is InChI=1S/C27H22F2N2O2S/c1-15-24(27(33)31-21-8-7-19(28)13-20(21)29)25(17-9-10-34-14-17)26-22(30-15)11-18(12-23(26)32)16-5-3-2-4-6-16/h2-10,13-14,18,25,30H,11-12H2,1H3,(H,31,33)/t18-,25+/m1/s1. The largest absolute Gasteiger partial charge is 0.362 e. The highest BCUT2D eigenvalue weighted by Crippen LogP contribution is 2.46. The van der Waals surface area contributed by atoms with Gasteiger partial charge in [-0.2, -0.15) is 11.3 Å². The Balaban J connectivity index is 1.53. The summed E-state index contributed by atoms with van der Waals surface area (Å²) in [6.07, 6.45) is 1.01.